The first-order valence-electron chi connectivity index (χ1n) is 8.86. The molecule has 26 heavy (non-hydrogen) atoms. The summed E-state index contributed by atoms with van der Waals surface area (Å²) in [4.78, 5) is 22.6. The van der Waals surface area contributed by atoms with Crippen molar-refractivity contribution in [3.63, 3.8) is 0 Å². The topological polar surface area (TPSA) is 74.6 Å². The molecule has 0 fully saturated rings. The Labute approximate surface area is 153 Å². The average Bonchev–Trinajstić information content (AvgIpc) is 2.78. The van der Waals surface area contributed by atoms with Crippen LogP contribution in [0.3, 0.4) is 0 Å². The molecule has 2 atom stereocenters. The Morgan fingerprint density at radius 3 is 1.92 bits per heavy atom. The highest BCUT2D eigenvalue weighted by Gasteiger charge is 2.53. The maximum Gasteiger partial charge on any atom is 0.335 e. The summed E-state index contributed by atoms with van der Waals surface area (Å²) in [5.74, 6) is -1.59. The number of rotatable bonds is 4. The fraction of sp³-hybridized carbons (Fsp3) is 0.364. The van der Waals surface area contributed by atoms with Gasteiger partial charge in [0.15, 0.2) is 0 Å². The van der Waals surface area contributed by atoms with E-state index in [4.69, 9.17) is 0 Å². The second-order valence-corrected chi connectivity index (χ2v) is 7.83. The molecule has 0 radical (unpaired) electrons. The quantitative estimate of drug-likeness (QED) is 0.836. The summed E-state index contributed by atoms with van der Waals surface area (Å²) < 4.78 is 0. The van der Waals surface area contributed by atoms with Crippen molar-refractivity contribution < 1.29 is 19.8 Å². The van der Waals surface area contributed by atoms with Crippen molar-refractivity contribution in [3.05, 3.63) is 70.3 Å². The summed E-state index contributed by atoms with van der Waals surface area (Å²) in [6, 6.07) is 12.5. The Morgan fingerprint density at radius 2 is 1.42 bits per heavy atom. The molecule has 4 nitrogen and oxygen atoms in total. The molecular weight excluding hydrogens is 328 g/mol. The zero-order chi connectivity index (χ0) is 19.3. The van der Waals surface area contributed by atoms with E-state index in [2.05, 4.69) is 27.7 Å². The van der Waals surface area contributed by atoms with Gasteiger partial charge in [0.1, 0.15) is 0 Å². The van der Waals surface area contributed by atoms with Gasteiger partial charge < -0.3 is 10.2 Å². The van der Waals surface area contributed by atoms with E-state index in [1.54, 1.807) is 24.3 Å². The smallest absolute Gasteiger partial charge is 0.335 e. The zero-order valence-electron chi connectivity index (χ0n) is 15.5. The number of carboxylic acid groups (broad SMARTS) is 2. The van der Waals surface area contributed by atoms with Gasteiger partial charge in [-0.05, 0) is 52.3 Å². The summed E-state index contributed by atoms with van der Waals surface area (Å²) in [5.41, 5.74) is 3.33. The van der Waals surface area contributed by atoms with Crippen LogP contribution in [0.2, 0.25) is 0 Å². The van der Waals surface area contributed by atoms with E-state index in [9.17, 15) is 19.8 Å². The number of fused-ring (bicyclic) bond motifs is 1. The van der Waals surface area contributed by atoms with Crippen molar-refractivity contribution in [2.24, 2.45) is 5.92 Å². The molecule has 0 heterocycles. The lowest BCUT2D eigenvalue weighted by Crippen LogP contribution is -2.36. The molecule has 0 spiro atoms. The van der Waals surface area contributed by atoms with Crippen molar-refractivity contribution in [1.82, 2.24) is 0 Å². The van der Waals surface area contributed by atoms with E-state index in [1.165, 1.54) is 0 Å². The van der Waals surface area contributed by atoms with Crippen LogP contribution in [0.1, 0.15) is 71.5 Å². The Balaban J connectivity index is 2.23. The minimum atomic E-state index is -0.938. The van der Waals surface area contributed by atoms with E-state index >= 15 is 0 Å². The molecule has 2 unspecified atom stereocenters. The highest BCUT2D eigenvalue weighted by atomic mass is 16.4. The van der Waals surface area contributed by atoms with Crippen molar-refractivity contribution >= 4 is 11.9 Å². The van der Waals surface area contributed by atoms with Gasteiger partial charge in [-0.1, -0.05) is 52.3 Å². The molecule has 1 aliphatic rings. The fourth-order valence-corrected chi connectivity index (χ4v) is 4.99. The lowest BCUT2D eigenvalue weighted by molar-refractivity contribution is 0.0686. The molecule has 0 saturated carbocycles. The van der Waals surface area contributed by atoms with E-state index in [0.717, 1.165) is 23.1 Å². The van der Waals surface area contributed by atoms with E-state index in [-0.39, 0.29) is 22.3 Å². The highest BCUT2D eigenvalue weighted by molar-refractivity contribution is 5.88. The molecule has 0 aliphatic heterocycles. The standard InChI is InChI=1S/C22H24O4/c1-5-18-21(2,3)17-12-14(20(25)26)8-11-16(17)22(18,4)15-9-6-13(7-10-15)19(23)24/h6-12,18H,5H2,1-4H3,(H,23,24)(H,25,26). The number of carboxylic acids is 2. The Kier molecular flexibility index (Phi) is 4.18. The summed E-state index contributed by atoms with van der Waals surface area (Å²) in [6.45, 7) is 8.68. The third-order valence-corrected chi connectivity index (χ3v) is 6.23. The van der Waals surface area contributed by atoms with E-state index in [0.29, 0.717) is 5.56 Å². The summed E-state index contributed by atoms with van der Waals surface area (Å²) in [7, 11) is 0. The summed E-state index contributed by atoms with van der Waals surface area (Å²) in [5, 5.41) is 18.6. The second kappa shape index (κ2) is 5.97. The molecule has 0 amide bonds. The molecule has 136 valence electrons. The minimum Gasteiger partial charge on any atom is -0.478 e. The Morgan fingerprint density at radius 1 is 0.885 bits per heavy atom. The first-order chi connectivity index (χ1) is 12.1. The van der Waals surface area contributed by atoms with Crippen LogP contribution < -0.4 is 0 Å². The second-order valence-electron chi connectivity index (χ2n) is 7.83. The third-order valence-electron chi connectivity index (χ3n) is 6.23. The lowest BCUT2D eigenvalue weighted by Gasteiger charge is -2.38. The molecule has 2 aromatic carbocycles. The summed E-state index contributed by atoms with van der Waals surface area (Å²) in [6.07, 6.45) is 0.932. The normalized spacial score (nSPS) is 23.5. The van der Waals surface area contributed by atoms with Gasteiger partial charge in [-0.2, -0.15) is 0 Å². The van der Waals surface area contributed by atoms with Crippen LogP contribution >= 0.6 is 0 Å². The van der Waals surface area contributed by atoms with Crippen molar-refractivity contribution in [3.8, 4) is 0 Å². The minimum absolute atomic E-state index is 0.185. The van der Waals surface area contributed by atoms with Crippen molar-refractivity contribution in [1.29, 1.82) is 0 Å². The van der Waals surface area contributed by atoms with Crippen molar-refractivity contribution in [2.45, 2.75) is 44.9 Å². The molecular formula is C22H24O4. The predicted molar refractivity (Wildman–Crippen MR) is 100 cm³/mol. The molecule has 2 aromatic rings. The van der Waals surface area contributed by atoms with Gasteiger partial charge in [0.2, 0.25) is 0 Å². The molecule has 2 N–H and O–H groups in total. The largest absolute Gasteiger partial charge is 0.478 e. The van der Waals surface area contributed by atoms with E-state index in [1.807, 2.05) is 18.2 Å². The molecule has 0 aromatic heterocycles. The van der Waals surface area contributed by atoms with Crippen LogP contribution in [-0.2, 0) is 10.8 Å². The van der Waals surface area contributed by atoms with Gasteiger partial charge in [-0.15, -0.1) is 0 Å². The van der Waals surface area contributed by atoms with Crippen LogP contribution in [0, 0.1) is 5.92 Å². The fourth-order valence-electron chi connectivity index (χ4n) is 4.99. The SMILES string of the molecule is CCC1C(C)(C)c2cc(C(=O)O)ccc2C1(C)c1ccc(C(=O)O)cc1. The molecule has 1 aliphatic carbocycles. The first kappa shape index (κ1) is 18.2. The highest BCUT2D eigenvalue weighted by Crippen LogP contribution is 2.58. The van der Waals surface area contributed by atoms with E-state index < -0.39 is 11.9 Å². The summed E-state index contributed by atoms with van der Waals surface area (Å²) >= 11 is 0. The van der Waals surface area contributed by atoms with Gasteiger partial charge in [-0.25, -0.2) is 9.59 Å². The van der Waals surface area contributed by atoms with Gasteiger partial charge >= 0.3 is 11.9 Å². The van der Waals surface area contributed by atoms with Crippen LogP contribution in [0.5, 0.6) is 0 Å². The maximum atomic E-state index is 11.4. The number of carbonyl (C=O) groups is 2. The average molecular weight is 352 g/mol. The monoisotopic (exact) mass is 352 g/mol. The van der Waals surface area contributed by atoms with Crippen LogP contribution in [0.25, 0.3) is 0 Å². The lowest BCUT2D eigenvalue weighted by atomic mass is 9.64. The van der Waals surface area contributed by atoms with Crippen molar-refractivity contribution in [2.75, 3.05) is 0 Å². The molecule has 3 rings (SSSR count). The zero-order valence-corrected chi connectivity index (χ0v) is 15.5. The maximum absolute atomic E-state index is 11.4. The Bertz CT molecular complexity index is 880. The van der Waals surface area contributed by atoms with Gasteiger partial charge in [-0.3, -0.25) is 0 Å². The van der Waals surface area contributed by atoms with Crippen LogP contribution in [0.4, 0.5) is 0 Å². The van der Waals surface area contributed by atoms with Gasteiger partial charge in [0.05, 0.1) is 11.1 Å². The van der Waals surface area contributed by atoms with Crippen LogP contribution in [-0.4, -0.2) is 22.2 Å². The number of hydrogen-bond donors (Lipinski definition) is 2. The number of aromatic carboxylic acids is 2. The predicted octanol–water partition coefficient (Wildman–Crippen LogP) is 4.71. The molecule has 0 saturated heterocycles. The third kappa shape index (κ3) is 2.44. The van der Waals surface area contributed by atoms with Crippen LogP contribution in [0.15, 0.2) is 42.5 Å². The number of hydrogen-bond acceptors (Lipinski definition) is 2. The first-order valence-corrected chi connectivity index (χ1v) is 8.86. The molecule has 4 heteroatoms. The number of benzene rings is 2. The Hall–Kier alpha value is -2.62. The molecule has 0 bridgehead atoms. The van der Waals surface area contributed by atoms with Gasteiger partial charge in [0.25, 0.3) is 0 Å². The van der Waals surface area contributed by atoms with Gasteiger partial charge in [0, 0.05) is 5.41 Å².